The number of hydrogen-bond donors (Lipinski definition) is 1. The highest BCUT2D eigenvalue weighted by molar-refractivity contribution is 7.90. The topological polar surface area (TPSA) is 106 Å². The maximum atomic E-state index is 11.4. The predicted octanol–water partition coefficient (Wildman–Crippen LogP) is 1.39. The van der Waals surface area contributed by atoms with E-state index in [1.807, 2.05) is 0 Å². The zero-order chi connectivity index (χ0) is 13.3. The first-order valence-corrected chi connectivity index (χ1v) is 6.77. The fourth-order valence-electron chi connectivity index (χ4n) is 1.43. The number of benzene rings is 1. The van der Waals surface area contributed by atoms with Gasteiger partial charge in [-0.05, 0) is 23.1 Å². The lowest BCUT2D eigenvalue weighted by molar-refractivity contribution is -0.389. The lowest BCUT2D eigenvalue weighted by Gasteiger charge is -1.99. The van der Waals surface area contributed by atoms with Crippen LogP contribution in [0.3, 0.4) is 0 Å². The van der Waals surface area contributed by atoms with Gasteiger partial charge in [0.05, 0.1) is 4.90 Å². The Labute approximate surface area is 103 Å². The second-order valence-electron chi connectivity index (χ2n) is 3.67. The number of H-pyrrole nitrogens is 1. The maximum absolute atomic E-state index is 11.4. The highest BCUT2D eigenvalue weighted by atomic mass is 32.2. The molecule has 94 valence electrons. The fourth-order valence-corrected chi connectivity index (χ4v) is 2.09. The molecule has 1 N–H and O–H groups in total. The summed E-state index contributed by atoms with van der Waals surface area (Å²) in [6.45, 7) is 0. The molecule has 0 spiro atoms. The quantitative estimate of drug-likeness (QED) is 0.668. The number of nitrogens with zero attached hydrogens (tertiary/aromatic N) is 2. The number of nitro groups is 1. The summed E-state index contributed by atoms with van der Waals surface area (Å²) in [6.07, 6.45) is 2.18. The number of aromatic amines is 1. The van der Waals surface area contributed by atoms with Crippen LogP contribution in [0.5, 0.6) is 0 Å². The van der Waals surface area contributed by atoms with Crippen molar-refractivity contribution in [2.45, 2.75) is 4.90 Å². The third-order valence-electron chi connectivity index (χ3n) is 2.29. The number of imidazole rings is 1. The van der Waals surface area contributed by atoms with Crippen molar-refractivity contribution in [3.05, 3.63) is 40.6 Å². The van der Waals surface area contributed by atoms with E-state index in [0.29, 0.717) is 5.56 Å². The molecule has 1 aromatic carbocycles. The van der Waals surface area contributed by atoms with Crippen LogP contribution in [0.1, 0.15) is 0 Å². The van der Waals surface area contributed by atoms with E-state index in [0.717, 1.165) is 12.5 Å². The SMILES string of the molecule is CS(=O)(=O)c1cccc(-c2ncc([N+](=O)[O-])[nH]2)c1. The van der Waals surface area contributed by atoms with Gasteiger partial charge >= 0.3 is 5.82 Å². The molecule has 0 atom stereocenters. The number of sulfone groups is 1. The molecule has 2 aromatic rings. The summed E-state index contributed by atoms with van der Waals surface area (Å²) in [7, 11) is -3.32. The largest absolute Gasteiger partial charge is 0.358 e. The minimum atomic E-state index is -3.32. The Morgan fingerprint density at radius 1 is 1.39 bits per heavy atom. The first-order valence-electron chi connectivity index (χ1n) is 4.88. The Kier molecular flexibility index (Phi) is 2.87. The third kappa shape index (κ3) is 2.38. The monoisotopic (exact) mass is 267 g/mol. The van der Waals surface area contributed by atoms with Crippen molar-refractivity contribution < 1.29 is 13.3 Å². The van der Waals surface area contributed by atoms with Gasteiger partial charge in [-0.1, -0.05) is 6.07 Å². The number of rotatable bonds is 3. The van der Waals surface area contributed by atoms with Crippen LogP contribution in [0.2, 0.25) is 0 Å². The summed E-state index contributed by atoms with van der Waals surface area (Å²) in [5.74, 6) is 0.0157. The molecule has 8 heteroatoms. The van der Waals surface area contributed by atoms with E-state index < -0.39 is 14.8 Å². The van der Waals surface area contributed by atoms with Crippen molar-refractivity contribution in [3.63, 3.8) is 0 Å². The van der Waals surface area contributed by atoms with E-state index in [2.05, 4.69) is 9.97 Å². The van der Waals surface area contributed by atoms with Gasteiger partial charge < -0.3 is 10.1 Å². The van der Waals surface area contributed by atoms with E-state index >= 15 is 0 Å². The van der Waals surface area contributed by atoms with Crippen LogP contribution in [-0.4, -0.2) is 29.6 Å². The molecule has 1 aromatic heterocycles. The van der Waals surface area contributed by atoms with Crippen molar-refractivity contribution in [3.8, 4) is 11.4 Å². The van der Waals surface area contributed by atoms with Crippen molar-refractivity contribution in [1.29, 1.82) is 0 Å². The Morgan fingerprint density at radius 3 is 2.67 bits per heavy atom. The minimum absolute atomic E-state index is 0.138. The van der Waals surface area contributed by atoms with Gasteiger partial charge in [0, 0.05) is 11.8 Å². The predicted molar refractivity (Wildman–Crippen MR) is 63.8 cm³/mol. The van der Waals surface area contributed by atoms with Gasteiger partial charge in [0.25, 0.3) is 0 Å². The molecule has 7 nitrogen and oxygen atoms in total. The molecule has 0 amide bonds. The molecule has 0 aliphatic heterocycles. The molecule has 18 heavy (non-hydrogen) atoms. The van der Waals surface area contributed by atoms with Crippen molar-refractivity contribution >= 4 is 15.7 Å². The number of nitrogens with one attached hydrogen (secondary N) is 1. The normalized spacial score (nSPS) is 11.4. The first-order chi connectivity index (χ1) is 8.38. The summed E-state index contributed by atoms with van der Waals surface area (Å²) in [5.41, 5.74) is 0.478. The highest BCUT2D eigenvalue weighted by Gasteiger charge is 2.14. The van der Waals surface area contributed by atoms with Crippen LogP contribution in [0.15, 0.2) is 35.4 Å². The second-order valence-corrected chi connectivity index (χ2v) is 5.69. The van der Waals surface area contributed by atoms with E-state index in [1.165, 1.54) is 12.1 Å². The van der Waals surface area contributed by atoms with Gasteiger partial charge in [0.2, 0.25) is 5.82 Å². The van der Waals surface area contributed by atoms with Crippen LogP contribution in [0.4, 0.5) is 5.82 Å². The number of aromatic nitrogens is 2. The molecule has 1 heterocycles. The first kappa shape index (κ1) is 12.2. The van der Waals surface area contributed by atoms with E-state index in [-0.39, 0.29) is 16.5 Å². The zero-order valence-electron chi connectivity index (χ0n) is 9.32. The van der Waals surface area contributed by atoms with Crippen LogP contribution in [-0.2, 0) is 9.84 Å². The van der Waals surface area contributed by atoms with Crippen LogP contribution >= 0.6 is 0 Å². The molecule has 2 rings (SSSR count). The lowest BCUT2D eigenvalue weighted by Crippen LogP contribution is -1.97. The maximum Gasteiger partial charge on any atom is 0.340 e. The van der Waals surface area contributed by atoms with Crippen molar-refractivity contribution in [1.82, 2.24) is 9.97 Å². The van der Waals surface area contributed by atoms with Crippen LogP contribution in [0, 0.1) is 10.1 Å². The van der Waals surface area contributed by atoms with E-state index in [1.54, 1.807) is 12.1 Å². The van der Waals surface area contributed by atoms with E-state index in [4.69, 9.17) is 0 Å². The molecule has 0 bridgehead atoms. The molecular weight excluding hydrogens is 258 g/mol. The average Bonchev–Trinajstić information content (AvgIpc) is 2.77. The molecule has 0 aliphatic carbocycles. The molecule has 0 fully saturated rings. The minimum Gasteiger partial charge on any atom is -0.358 e. The van der Waals surface area contributed by atoms with Crippen molar-refractivity contribution in [2.24, 2.45) is 0 Å². The third-order valence-corrected chi connectivity index (χ3v) is 3.40. The fraction of sp³-hybridized carbons (Fsp3) is 0.100. The zero-order valence-corrected chi connectivity index (χ0v) is 10.1. The molecule has 0 unspecified atom stereocenters. The summed E-state index contributed by atoms with van der Waals surface area (Å²) >= 11 is 0. The average molecular weight is 267 g/mol. The smallest absolute Gasteiger partial charge is 0.340 e. The Morgan fingerprint density at radius 2 is 2.11 bits per heavy atom. The Bertz CT molecular complexity index is 705. The van der Waals surface area contributed by atoms with Crippen LogP contribution < -0.4 is 0 Å². The van der Waals surface area contributed by atoms with E-state index in [9.17, 15) is 18.5 Å². The summed E-state index contributed by atoms with van der Waals surface area (Å²) < 4.78 is 22.8. The Hall–Kier alpha value is -2.22. The molecule has 0 aliphatic rings. The van der Waals surface area contributed by atoms with Gasteiger partial charge in [-0.15, -0.1) is 0 Å². The molecule has 0 radical (unpaired) electrons. The summed E-state index contributed by atoms with van der Waals surface area (Å²) in [4.78, 5) is 16.4. The van der Waals surface area contributed by atoms with Gasteiger partial charge in [-0.3, -0.25) is 0 Å². The second kappa shape index (κ2) is 4.22. The standard InChI is InChI=1S/C10H9N3O4S/c1-18(16,17)8-4-2-3-7(5-8)10-11-6-9(12-10)13(14)15/h2-6H,1H3,(H,11,12). The Balaban J connectivity index is 2.48. The highest BCUT2D eigenvalue weighted by Crippen LogP contribution is 2.21. The summed E-state index contributed by atoms with van der Waals surface area (Å²) in [5, 5.41) is 10.5. The van der Waals surface area contributed by atoms with Gasteiger partial charge in [0.1, 0.15) is 6.20 Å². The number of hydrogen-bond acceptors (Lipinski definition) is 5. The summed E-state index contributed by atoms with van der Waals surface area (Å²) in [6, 6.07) is 6.05. The molecular formula is C10H9N3O4S. The van der Waals surface area contributed by atoms with Crippen molar-refractivity contribution in [2.75, 3.05) is 6.26 Å². The molecule has 0 saturated heterocycles. The van der Waals surface area contributed by atoms with Crippen LogP contribution in [0.25, 0.3) is 11.4 Å². The van der Waals surface area contributed by atoms with Gasteiger partial charge in [-0.2, -0.15) is 0 Å². The molecule has 0 saturated carbocycles. The van der Waals surface area contributed by atoms with Gasteiger partial charge in [0.15, 0.2) is 9.84 Å². The van der Waals surface area contributed by atoms with Gasteiger partial charge in [-0.25, -0.2) is 18.4 Å². The lowest BCUT2D eigenvalue weighted by atomic mass is 10.2.